The fraction of sp³-hybridized carbons (Fsp3) is 0.647. The molecule has 1 aliphatic rings. The lowest BCUT2D eigenvalue weighted by molar-refractivity contribution is -0.124. The molecule has 1 aromatic heterocycles. The lowest BCUT2D eigenvalue weighted by atomic mass is 10.0. The summed E-state index contributed by atoms with van der Waals surface area (Å²) in [4.78, 5) is 43.4. The molecule has 1 atom stereocenters. The van der Waals surface area contributed by atoms with E-state index in [0.717, 1.165) is 18.2 Å². The molecule has 3 N–H and O–H groups in total. The van der Waals surface area contributed by atoms with Crippen molar-refractivity contribution < 1.29 is 23.9 Å². The summed E-state index contributed by atoms with van der Waals surface area (Å²) in [6, 6.07) is -0.842. The zero-order chi connectivity index (χ0) is 20.7. The Kier molecular flexibility index (Phi) is 8.00. The average Bonchev–Trinajstić information content (AvgIpc) is 3.06. The van der Waals surface area contributed by atoms with Crippen LogP contribution in [0.1, 0.15) is 36.1 Å². The van der Waals surface area contributed by atoms with Crippen LogP contribution in [-0.2, 0) is 14.3 Å². The molecule has 0 bridgehead atoms. The highest BCUT2D eigenvalue weighted by atomic mass is 32.1. The largest absolute Gasteiger partial charge is 0.450 e. The van der Waals surface area contributed by atoms with E-state index < -0.39 is 23.9 Å². The molecule has 0 aromatic carbocycles. The molecular weight excluding hydrogens is 386 g/mol. The Morgan fingerprint density at radius 2 is 1.93 bits per heavy atom. The van der Waals surface area contributed by atoms with Gasteiger partial charge in [-0.3, -0.25) is 20.4 Å². The lowest BCUT2D eigenvalue weighted by Gasteiger charge is -2.26. The molecule has 0 spiro atoms. The number of nitrogens with one attached hydrogen (secondary N) is 3. The van der Waals surface area contributed by atoms with Gasteiger partial charge >= 0.3 is 6.09 Å². The average molecular weight is 414 g/mol. The third kappa shape index (κ3) is 5.80. The van der Waals surface area contributed by atoms with E-state index in [1.54, 1.807) is 27.7 Å². The normalized spacial score (nSPS) is 15.1. The second kappa shape index (κ2) is 10.2. The Hall–Kier alpha value is -2.40. The minimum absolute atomic E-state index is 0.195. The van der Waals surface area contributed by atoms with Gasteiger partial charge in [0.25, 0.3) is 11.8 Å². The van der Waals surface area contributed by atoms with E-state index in [0.29, 0.717) is 23.8 Å². The number of anilines is 1. The van der Waals surface area contributed by atoms with Gasteiger partial charge in [0.2, 0.25) is 0 Å². The van der Waals surface area contributed by atoms with Gasteiger partial charge in [0, 0.05) is 13.1 Å². The summed E-state index contributed by atoms with van der Waals surface area (Å²) in [5, 5.41) is 3.24. The summed E-state index contributed by atoms with van der Waals surface area (Å²) in [5.41, 5.74) is 5.34. The number of aromatic nitrogens is 1. The number of rotatable bonds is 6. The smallest absolute Gasteiger partial charge is 0.407 e. The van der Waals surface area contributed by atoms with Crippen molar-refractivity contribution in [3.8, 4) is 0 Å². The van der Waals surface area contributed by atoms with Gasteiger partial charge < -0.3 is 19.7 Å². The van der Waals surface area contributed by atoms with E-state index in [4.69, 9.17) is 9.47 Å². The summed E-state index contributed by atoms with van der Waals surface area (Å²) in [6.45, 7) is 9.87. The molecule has 11 heteroatoms. The van der Waals surface area contributed by atoms with Crippen molar-refractivity contribution in [1.82, 2.24) is 21.2 Å². The van der Waals surface area contributed by atoms with Crippen molar-refractivity contribution >= 4 is 34.4 Å². The van der Waals surface area contributed by atoms with Crippen LogP contribution in [0.5, 0.6) is 0 Å². The summed E-state index contributed by atoms with van der Waals surface area (Å²) < 4.78 is 10.1. The number of carbonyl (C=O) groups excluding carboxylic acids is 3. The topological polar surface area (TPSA) is 122 Å². The van der Waals surface area contributed by atoms with Crippen molar-refractivity contribution in [2.45, 2.75) is 33.7 Å². The first-order chi connectivity index (χ1) is 13.3. The summed E-state index contributed by atoms with van der Waals surface area (Å²) in [7, 11) is 0. The minimum Gasteiger partial charge on any atom is -0.450 e. The summed E-state index contributed by atoms with van der Waals surface area (Å²) >= 11 is 1.26. The molecule has 1 unspecified atom stereocenters. The molecule has 2 heterocycles. The van der Waals surface area contributed by atoms with Crippen LogP contribution in [-0.4, -0.2) is 61.8 Å². The Morgan fingerprint density at radius 1 is 1.25 bits per heavy atom. The Labute approximate surface area is 167 Å². The predicted molar refractivity (Wildman–Crippen MR) is 104 cm³/mol. The first kappa shape index (κ1) is 21.9. The molecule has 1 fully saturated rings. The quantitative estimate of drug-likeness (QED) is 0.590. The Balaban J connectivity index is 1.95. The number of hydrogen-bond acceptors (Lipinski definition) is 8. The first-order valence-electron chi connectivity index (χ1n) is 9.17. The van der Waals surface area contributed by atoms with Gasteiger partial charge in [0.15, 0.2) is 5.13 Å². The number of thiazole rings is 1. The fourth-order valence-electron chi connectivity index (χ4n) is 2.57. The zero-order valence-corrected chi connectivity index (χ0v) is 17.4. The highest BCUT2D eigenvalue weighted by Gasteiger charge is 2.26. The van der Waals surface area contributed by atoms with E-state index >= 15 is 0 Å². The third-order valence-corrected chi connectivity index (χ3v) is 5.29. The van der Waals surface area contributed by atoms with Crippen LogP contribution in [0.2, 0.25) is 0 Å². The van der Waals surface area contributed by atoms with Crippen LogP contribution >= 0.6 is 11.3 Å². The first-order valence-corrected chi connectivity index (χ1v) is 9.98. The number of nitrogens with zero attached hydrogens (tertiary/aromatic N) is 2. The van der Waals surface area contributed by atoms with E-state index in [9.17, 15) is 14.4 Å². The highest BCUT2D eigenvalue weighted by Crippen LogP contribution is 2.26. The third-order valence-electron chi connectivity index (χ3n) is 4.07. The number of hydrogen-bond donors (Lipinski definition) is 3. The molecule has 0 aliphatic carbocycles. The number of ether oxygens (including phenoxy) is 2. The van der Waals surface area contributed by atoms with Gasteiger partial charge in [-0.25, -0.2) is 9.78 Å². The van der Waals surface area contributed by atoms with Gasteiger partial charge in [-0.15, -0.1) is 0 Å². The van der Waals surface area contributed by atoms with Crippen molar-refractivity contribution in [3.63, 3.8) is 0 Å². The number of hydrazine groups is 1. The molecule has 1 saturated heterocycles. The maximum Gasteiger partial charge on any atom is 0.407 e. The van der Waals surface area contributed by atoms with Crippen molar-refractivity contribution in [2.75, 3.05) is 37.8 Å². The molecule has 1 aromatic rings. The number of alkyl carbamates (subject to hydrolysis) is 1. The molecule has 2 rings (SSSR count). The fourth-order valence-corrected chi connectivity index (χ4v) is 3.58. The van der Waals surface area contributed by atoms with Gasteiger partial charge in [-0.1, -0.05) is 25.2 Å². The zero-order valence-electron chi connectivity index (χ0n) is 16.5. The van der Waals surface area contributed by atoms with Gasteiger partial charge in [-0.2, -0.15) is 0 Å². The second-order valence-corrected chi connectivity index (χ2v) is 7.52. The number of amides is 3. The molecular formula is C17H27N5O5S. The molecule has 0 saturated carbocycles. The van der Waals surface area contributed by atoms with Crippen LogP contribution in [0.4, 0.5) is 9.93 Å². The van der Waals surface area contributed by atoms with Crippen molar-refractivity contribution in [1.29, 1.82) is 0 Å². The molecule has 156 valence electrons. The standard InChI is InChI=1S/C17H27N5O5S/c1-5-27-17(25)19-12(10(2)3)14(23)20-21-15(24)13-11(4)18-16(28-13)22-6-8-26-9-7-22/h10,12H,5-9H2,1-4H3,(H,19,25)(H,20,23)(H,21,24). The Bertz CT molecular complexity index is 702. The van der Waals surface area contributed by atoms with Gasteiger partial charge in [-0.05, 0) is 19.8 Å². The summed E-state index contributed by atoms with van der Waals surface area (Å²) in [5.74, 6) is -1.19. The maximum absolute atomic E-state index is 12.5. The molecule has 28 heavy (non-hydrogen) atoms. The van der Waals surface area contributed by atoms with Crippen LogP contribution in [0.15, 0.2) is 0 Å². The van der Waals surface area contributed by atoms with Crippen LogP contribution in [0.3, 0.4) is 0 Å². The van der Waals surface area contributed by atoms with Crippen molar-refractivity contribution in [3.05, 3.63) is 10.6 Å². The van der Waals surface area contributed by atoms with Crippen LogP contribution in [0, 0.1) is 12.8 Å². The monoisotopic (exact) mass is 413 g/mol. The number of carbonyl (C=O) groups is 3. The van der Waals surface area contributed by atoms with E-state index in [2.05, 4.69) is 26.1 Å². The SMILES string of the molecule is CCOC(=O)NC(C(=O)NNC(=O)c1sc(N2CCOCC2)nc1C)C(C)C. The van der Waals surface area contributed by atoms with Crippen LogP contribution in [0.25, 0.3) is 0 Å². The van der Waals surface area contributed by atoms with Gasteiger partial charge in [0.1, 0.15) is 10.9 Å². The number of morpholine rings is 1. The molecule has 10 nitrogen and oxygen atoms in total. The van der Waals surface area contributed by atoms with E-state index in [1.807, 2.05) is 0 Å². The molecule has 3 amide bonds. The minimum atomic E-state index is -0.842. The van der Waals surface area contributed by atoms with E-state index in [1.165, 1.54) is 11.3 Å². The Morgan fingerprint density at radius 3 is 2.54 bits per heavy atom. The maximum atomic E-state index is 12.5. The second-order valence-electron chi connectivity index (χ2n) is 6.54. The molecule has 1 aliphatic heterocycles. The lowest BCUT2D eigenvalue weighted by Crippen LogP contribution is -2.54. The summed E-state index contributed by atoms with van der Waals surface area (Å²) in [6.07, 6.45) is -0.684. The molecule has 0 radical (unpaired) electrons. The highest BCUT2D eigenvalue weighted by molar-refractivity contribution is 7.17. The van der Waals surface area contributed by atoms with E-state index in [-0.39, 0.29) is 12.5 Å². The van der Waals surface area contributed by atoms with Crippen molar-refractivity contribution in [2.24, 2.45) is 5.92 Å². The number of aryl methyl sites for hydroxylation is 1. The predicted octanol–water partition coefficient (Wildman–Crippen LogP) is 0.820. The van der Waals surface area contributed by atoms with Gasteiger partial charge in [0.05, 0.1) is 25.5 Å². The van der Waals surface area contributed by atoms with Crippen LogP contribution < -0.4 is 21.1 Å².